The molecule has 4 nitrogen and oxygen atoms in total. The van der Waals surface area contributed by atoms with Crippen molar-refractivity contribution in [2.75, 3.05) is 11.1 Å². The van der Waals surface area contributed by atoms with Gasteiger partial charge in [-0.15, -0.1) is 11.3 Å². The molecule has 1 amide bonds. The fraction of sp³-hybridized carbons (Fsp3) is 0.0833. The molecule has 4 N–H and O–H groups in total. The van der Waals surface area contributed by atoms with Gasteiger partial charge in [0.25, 0.3) is 5.91 Å². The molecule has 18 heavy (non-hydrogen) atoms. The largest absolute Gasteiger partial charge is 0.508 e. The van der Waals surface area contributed by atoms with Gasteiger partial charge in [0.1, 0.15) is 5.75 Å². The minimum absolute atomic E-state index is 0.0696. The smallest absolute Gasteiger partial charge is 0.265 e. The zero-order chi connectivity index (χ0) is 13.3. The predicted octanol–water partition coefficient (Wildman–Crippen LogP) is 3.36. The highest BCUT2D eigenvalue weighted by Crippen LogP contribution is 2.29. The Morgan fingerprint density at radius 2 is 2.17 bits per heavy atom. The van der Waals surface area contributed by atoms with Crippen molar-refractivity contribution < 1.29 is 9.90 Å². The number of carbonyl (C=O) groups is 1. The molecule has 2 aromatic rings. The van der Waals surface area contributed by atoms with E-state index in [9.17, 15) is 9.90 Å². The maximum absolute atomic E-state index is 12.0. The molecule has 0 fully saturated rings. The number of hydrogen-bond acceptors (Lipinski definition) is 4. The number of amides is 1. The molecular formula is C12H11BrN2O2S. The third-order valence-electron chi connectivity index (χ3n) is 2.36. The van der Waals surface area contributed by atoms with Crippen molar-refractivity contribution in [1.29, 1.82) is 0 Å². The molecule has 1 heterocycles. The molecule has 0 atom stereocenters. The van der Waals surface area contributed by atoms with E-state index < -0.39 is 0 Å². The Morgan fingerprint density at radius 3 is 2.72 bits per heavy atom. The molecule has 0 aliphatic rings. The fourth-order valence-electron chi connectivity index (χ4n) is 1.42. The number of rotatable bonds is 2. The Labute approximate surface area is 117 Å². The minimum atomic E-state index is -0.216. The third-order valence-corrected chi connectivity index (χ3v) is 4.50. The predicted molar refractivity (Wildman–Crippen MR) is 77.2 cm³/mol. The first-order valence-electron chi connectivity index (χ1n) is 5.13. The molecule has 94 valence electrons. The fourth-order valence-corrected chi connectivity index (χ4v) is 2.85. The van der Waals surface area contributed by atoms with Gasteiger partial charge in [-0.05, 0) is 46.6 Å². The van der Waals surface area contributed by atoms with Gasteiger partial charge in [-0.25, -0.2) is 0 Å². The number of nitrogens with two attached hydrogens (primary N) is 1. The van der Waals surface area contributed by atoms with Gasteiger partial charge in [0.2, 0.25) is 0 Å². The summed E-state index contributed by atoms with van der Waals surface area (Å²) in [6.07, 6.45) is 0. The molecule has 0 unspecified atom stereocenters. The Hall–Kier alpha value is -1.53. The maximum Gasteiger partial charge on any atom is 0.265 e. The number of halogens is 1. The highest BCUT2D eigenvalue weighted by atomic mass is 79.9. The van der Waals surface area contributed by atoms with Crippen LogP contribution in [-0.2, 0) is 0 Å². The second kappa shape index (κ2) is 4.99. The van der Waals surface area contributed by atoms with Gasteiger partial charge in [-0.3, -0.25) is 4.79 Å². The van der Waals surface area contributed by atoms with Crippen LogP contribution in [-0.4, -0.2) is 11.0 Å². The van der Waals surface area contributed by atoms with E-state index in [1.807, 2.05) is 6.92 Å². The van der Waals surface area contributed by atoms with Gasteiger partial charge >= 0.3 is 0 Å². The number of hydrogen-bond donors (Lipinski definition) is 3. The highest BCUT2D eigenvalue weighted by Gasteiger charge is 2.12. The molecule has 0 bridgehead atoms. The molecule has 0 radical (unpaired) electrons. The van der Waals surface area contributed by atoms with E-state index >= 15 is 0 Å². The number of nitrogens with one attached hydrogen (secondary N) is 1. The van der Waals surface area contributed by atoms with Crippen molar-refractivity contribution in [2.24, 2.45) is 0 Å². The normalized spacial score (nSPS) is 10.3. The lowest BCUT2D eigenvalue weighted by Gasteiger charge is -2.07. The Balaban J connectivity index is 2.21. The lowest BCUT2D eigenvalue weighted by molar-refractivity contribution is 0.103. The number of nitrogen functional groups attached to an aromatic ring is 1. The number of aryl methyl sites for hydroxylation is 1. The lowest BCUT2D eigenvalue weighted by Crippen LogP contribution is -2.11. The first-order chi connectivity index (χ1) is 8.47. The molecule has 0 aliphatic heterocycles. The summed E-state index contributed by atoms with van der Waals surface area (Å²) in [6.45, 7) is 1.92. The number of thiophene rings is 1. The molecule has 1 aromatic carbocycles. The van der Waals surface area contributed by atoms with Crippen molar-refractivity contribution in [3.05, 3.63) is 38.5 Å². The van der Waals surface area contributed by atoms with Crippen molar-refractivity contribution >= 4 is 44.5 Å². The Morgan fingerprint density at radius 1 is 1.44 bits per heavy atom. The van der Waals surface area contributed by atoms with Crippen LogP contribution in [0.4, 0.5) is 11.4 Å². The zero-order valence-corrected chi connectivity index (χ0v) is 11.9. The minimum Gasteiger partial charge on any atom is -0.508 e. The molecule has 0 aliphatic carbocycles. The van der Waals surface area contributed by atoms with E-state index in [1.165, 1.54) is 23.5 Å². The van der Waals surface area contributed by atoms with Gasteiger partial charge in [-0.1, -0.05) is 0 Å². The van der Waals surface area contributed by atoms with E-state index in [1.54, 1.807) is 12.1 Å². The molecular weight excluding hydrogens is 316 g/mol. The second-order valence-corrected chi connectivity index (χ2v) is 6.16. The number of phenolic OH excluding ortho intramolecular Hbond substituents is 1. The standard InChI is InChI=1S/C12H11BrN2O2S/c1-6-4-10(18-11(6)13)12(17)15-9-3-2-7(16)5-8(9)14/h2-5,16H,14H2,1H3,(H,15,17). The molecule has 2 rings (SSSR count). The number of aromatic hydroxyl groups is 1. The van der Waals surface area contributed by atoms with Gasteiger partial charge in [0, 0.05) is 6.07 Å². The summed E-state index contributed by atoms with van der Waals surface area (Å²) in [7, 11) is 0. The van der Waals surface area contributed by atoms with E-state index in [0.29, 0.717) is 16.3 Å². The highest BCUT2D eigenvalue weighted by molar-refractivity contribution is 9.11. The second-order valence-electron chi connectivity index (χ2n) is 3.79. The first-order valence-corrected chi connectivity index (χ1v) is 6.74. The average Bonchev–Trinajstić information content (AvgIpc) is 2.63. The average molecular weight is 327 g/mol. The Bertz CT molecular complexity index is 591. The quantitative estimate of drug-likeness (QED) is 0.585. The number of anilines is 2. The number of benzene rings is 1. The summed E-state index contributed by atoms with van der Waals surface area (Å²) in [5.74, 6) is -0.147. The zero-order valence-electron chi connectivity index (χ0n) is 9.53. The summed E-state index contributed by atoms with van der Waals surface area (Å²) in [5.41, 5.74) is 7.54. The lowest BCUT2D eigenvalue weighted by atomic mass is 10.2. The van der Waals surface area contributed by atoms with Crippen LogP contribution in [0.15, 0.2) is 28.1 Å². The molecule has 1 aromatic heterocycles. The van der Waals surface area contributed by atoms with Crippen LogP contribution in [0.2, 0.25) is 0 Å². The van der Waals surface area contributed by atoms with Crippen molar-refractivity contribution in [1.82, 2.24) is 0 Å². The maximum atomic E-state index is 12.0. The molecule has 0 spiro atoms. The van der Waals surface area contributed by atoms with E-state index in [-0.39, 0.29) is 11.7 Å². The first kappa shape index (κ1) is 12.9. The van der Waals surface area contributed by atoms with Crippen LogP contribution in [0, 0.1) is 6.92 Å². The summed E-state index contributed by atoms with van der Waals surface area (Å²) in [4.78, 5) is 12.6. The van der Waals surface area contributed by atoms with Crippen molar-refractivity contribution in [2.45, 2.75) is 6.92 Å². The number of phenols is 1. The van der Waals surface area contributed by atoms with Crippen LogP contribution >= 0.6 is 27.3 Å². The van der Waals surface area contributed by atoms with Crippen LogP contribution in [0.1, 0.15) is 15.2 Å². The Kier molecular flexibility index (Phi) is 3.58. The third kappa shape index (κ3) is 2.65. The van der Waals surface area contributed by atoms with Crippen molar-refractivity contribution in [3.8, 4) is 5.75 Å². The van der Waals surface area contributed by atoms with Crippen LogP contribution in [0.25, 0.3) is 0 Å². The van der Waals surface area contributed by atoms with Gasteiger partial charge < -0.3 is 16.2 Å². The molecule has 6 heteroatoms. The van der Waals surface area contributed by atoms with E-state index in [0.717, 1.165) is 9.35 Å². The van der Waals surface area contributed by atoms with Gasteiger partial charge in [0.05, 0.1) is 20.0 Å². The van der Waals surface area contributed by atoms with Gasteiger partial charge in [0.15, 0.2) is 0 Å². The van der Waals surface area contributed by atoms with Crippen LogP contribution in [0.3, 0.4) is 0 Å². The van der Waals surface area contributed by atoms with E-state index in [2.05, 4.69) is 21.2 Å². The SMILES string of the molecule is Cc1cc(C(=O)Nc2ccc(O)cc2N)sc1Br. The van der Waals surface area contributed by atoms with Gasteiger partial charge in [-0.2, -0.15) is 0 Å². The summed E-state index contributed by atoms with van der Waals surface area (Å²) < 4.78 is 0.936. The molecule has 0 saturated heterocycles. The summed E-state index contributed by atoms with van der Waals surface area (Å²) in [5, 5.41) is 11.9. The monoisotopic (exact) mass is 326 g/mol. The number of carbonyl (C=O) groups excluding carboxylic acids is 1. The van der Waals surface area contributed by atoms with E-state index in [4.69, 9.17) is 5.73 Å². The molecule has 0 saturated carbocycles. The summed E-state index contributed by atoms with van der Waals surface area (Å²) >= 11 is 4.74. The topological polar surface area (TPSA) is 75.3 Å². The van der Waals surface area contributed by atoms with Crippen LogP contribution in [0.5, 0.6) is 5.75 Å². The van der Waals surface area contributed by atoms with Crippen molar-refractivity contribution in [3.63, 3.8) is 0 Å². The van der Waals surface area contributed by atoms with Crippen LogP contribution < -0.4 is 11.1 Å². The summed E-state index contributed by atoms with van der Waals surface area (Å²) in [6, 6.07) is 6.24.